The van der Waals surface area contributed by atoms with Crippen molar-refractivity contribution in [2.45, 2.75) is 13.5 Å². The lowest BCUT2D eigenvalue weighted by Gasteiger charge is -2.06. The van der Waals surface area contributed by atoms with Crippen LogP contribution in [0.3, 0.4) is 0 Å². The molecule has 3 aromatic rings. The summed E-state index contributed by atoms with van der Waals surface area (Å²) in [5, 5.41) is 3.34. The summed E-state index contributed by atoms with van der Waals surface area (Å²) in [4.78, 5) is 2.53. The molecule has 0 atom stereocenters. The molecular formula is C18H16FNS. The normalized spacial score (nSPS) is 10.6. The van der Waals surface area contributed by atoms with E-state index in [9.17, 15) is 4.39 Å². The number of anilines is 1. The van der Waals surface area contributed by atoms with Crippen molar-refractivity contribution in [1.29, 1.82) is 0 Å². The van der Waals surface area contributed by atoms with Crippen molar-refractivity contribution < 1.29 is 4.39 Å². The van der Waals surface area contributed by atoms with E-state index in [2.05, 4.69) is 29.6 Å². The Morgan fingerprint density at radius 1 is 1.00 bits per heavy atom. The highest BCUT2D eigenvalue weighted by atomic mass is 32.1. The smallest absolute Gasteiger partial charge is 0.126 e. The van der Waals surface area contributed by atoms with Crippen LogP contribution in [0.4, 0.5) is 10.1 Å². The van der Waals surface area contributed by atoms with Crippen LogP contribution in [0, 0.1) is 12.7 Å². The lowest BCUT2D eigenvalue weighted by molar-refractivity contribution is 0.618. The van der Waals surface area contributed by atoms with Gasteiger partial charge in [-0.15, -0.1) is 11.3 Å². The average molecular weight is 297 g/mol. The first-order chi connectivity index (χ1) is 10.2. The van der Waals surface area contributed by atoms with Gasteiger partial charge in [-0.1, -0.05) is 30.3 Å². The molecule has 21 heavy (non-hydrogen) atoms. The summed E-state index contributed by atoms with van der Waals surface area (Å²) in [7, 11) is 0. The van der Waals surface area contributed by atoms with Gasteiger partial charge in [0.05, 0.1) is 0 Å². The maximum Gasteiger partial charge on any atom is 0.126 e. The SMILES string of the molecule is Cc1cc(NCc2ccc(-c3ccccc3)s2)ccc1F. The van der Waals surface area contributed by atoms with Crippen LogP contribution in [0.25, 0.3) is 10.4 Å². The third kappa shape index (κ3) is 3.31. The van der Waals surface area contributed by atoms with Crippen molar-refractivity contribution in [3.05, 3.63) is 76.9 Å². The standard InChI is InChI=1S/C18H16FNS/c1-13-11-15(7-9-17(13)19)20-12-16-8-10-18(21-16)14-5-3-2-4-6-14/h2-11,20H,12H2,1H3. The molecule has 0 spiro atoms. The Morgan fingerprint density at radius 3 is 2.57 bits per heavy atom. The van der Waals surface area contributed by atoms with Gasteiger partial charge in [-0.2, -0.15) is 0 Å². The summed E-state index contributed by atoms with van der Waals surface area (Å²) in [6.45, 7) is 2.53. The van der Waals surface area contributed by atoms with Crippen LogP contribution in [0.2, 0.25) is 0 Å². The molecule has 0 aliphatic rings. The largest absolute Gasteiger partial charge is 0.380 e. The molecule has 1 aromatic heterocycles. The van der Waals surface area contributed by atoms with E-state index >= 15 is 0 Å². The summed E-state index contributed by atoms with van der Waals surface area (Å²) < 4.78 is 13.2. The Hall–Kier alpha value is -2.13. The summed E-state index contributed by atoms with van der Waals surface area (Å²) in [5.41, 5.74) is 2.85. The summed E-state index contributed by atoms with van der Waals surface area (Å²) >= 11 is 1.78. The fourth-order valence-electron chi connectivity index (χ4n) is 2.17. The predicted octanol–water partition coefficient (Wildman–Crippen LogP) is 5.47. The van der Waals surface area contributed by atoms with Gasteiger partial charge in [0.25, 0.3) is 0 Å². The molecule has 0 radical (unpaired) electrons. The number of halogens is 1. The lowest BCUT2D eigenvalue weighted by atomic mass is 10.2. The number of nitrogens with one attached hydrogen (secondary N) is 1. The molecule has 3 heteroatoms. The van der Waals surface area contributed by atoms with Gasteiger partial charge in [-0.05, 0) is 48.4 Å². The van der Waals surface area contributed by atoms with E-state index in [0.717, 1.165) is 12.2 Å². The highest BCUT2D eigenvalue weighted by Crippen LogP contribution is 2.28. The van der Waals surface area contributed by atoms with Crippen LogP contribution in [0.1, 0.15) is 10.4 Å². The summed E-state index contributed by atoms with van der Waals surface area (Å²) in [6.07, 6.45) is 0. The van der Waals surface area contributed by atoms with Crippen molar-refractivity contribution in [3.63, 3.8) is 0 Å². The average Bonchev–Trinajstić information content (AvgIpc) is 2.98. The fourth-order valence-corrected chi connectivity index (χ4v) is 3.13. The molecule has 0 saturated heterocycles. The van der Waals surface area contributed by atoms with E-state index in [1.807, 2.05) is 24.3 Å². The molecule has 0 saturated carbocycles. The van der Waals surface area contributed by atoms with Crippen LogP contribution < -0.4 is 5.32 Å². The number of aryl methyl sites for hydroxylation is 1. The molecule has 1 heterocycles. The maximum absolute atomic E-state index is 13.2. The second-order valence-electron chi connectivity index (χ2n) is 4.95. The molecule has 3 rings (SSSR count). The van der Waals surface area contributed by atoms with Crippen molar-refractivity contribution >= 4 is 17.0 Å². The van der Waals surface area contributed by atoms with Gasteiger partial charge >= 0.3 is 0 Å². The first-order valence-electron chi connectivity index (χ1n) is 6.86. The Balaban J connectivity index is 1.69. The third-order valence-corrected chi connectivity index (χ3v) is 4.48. The van der Waals surface area contributed by atoms with E-state index in [1.54, 1.807) is 24.3 Å². The Labute approximate surface area is 128 Å². The predicted molar refractivity (Wildman–Crippen MR) is 88.2 cm³/mol. The number of hydrogen-bond acceptors (Lipinski definition) is 2. The number of rotatable bonds is 4. The maximum atomic E-state index is 13.2. The number of thiophene rings is 1. The number of hydrogen-bond donors (Lipinski definition) is 1. The first kappa shape index (κ1) is 13.8. The van der Waals surface area contributed by atoms with E-state index in [1.165, 1.54) is 21.4 Å². The fraction of sp³-hybridized carbons (Fsp3) is 0.111. The Morgan fingerprint density at radius 2 is 1.81 bits per heavy atom. The zero-order valence-electron chi connectivity index (χ0n) is 11.8. The van der Waals surface area contributed by atoms with Gasteiger partial charge in [-0.3, -0.25) is 0 Å². The van der Waals surface area contributed by atoms with E-state index in [4.69, 9.17) is 0 Å². The van der Waals surface area contributed by atoms with Gasteiger partial charge in [0, 0.05) is 22.0 Å². The minimum absolute atomic E-state index is 0.164. The zero-order valence-corrected chi connectivity index (χ0v) is 12.6. The second kappa shape index (κ2) is 6.10. The molecule has 0 amide bonds. The first-order valence-corrected chi connectivity index (χ1v) is 7.68. The van der Waals surface area contributed by atoms with Crippen molar-refractivity contribution in [2.24, 2.45) is 0 Å². The molecular weight excluding hydrogens is 281 g/mol. The second-order valence-corrected chi connectivity index (χ2v) is 6.12. The third-order valence-electron chi connectivity index (χ3n) is 3.34. The van der Waals surface area contributed by atoms with Gasteiger partial charge in [0.15, 0.2) is 0 Å². The van der Waals surface area contributed by atoms with E-state index in [-0.39, 0.29) is 5.82 Å². The lowest BCUT2D eigenvalue weighted by Crippen LogP contribution is -1.98. The van der Waals surface area contributed by atoms with Crippen molar-refractivity contribution in [2.75, 3.05) is 5.32 Å². The molecule has 0 fully saturated rings. The quantitative estimate of drug-likeness (QED) is 0.673. The van der Waals surface area contributed by atoms with Crippen LogP contribution in [-0.2, 0) is 6.54 Å². The van der Waals surface area contributed by atoms with Gasteiger partial charge in [-0.25, -0.2) is 4.39 Å². The highest BCUT2D eigenvalue weighted by molar-refractivity contribution is 7.15. The Bertz CT molecular complexity index is 734. The van der Waals surface area contributed by atoms with Crippen molar-refractivity contribution in [3.8, 4) is 10.4 Å². The van der Waals surface area contributed by atoms with Crippen molar-refractivity contribution in [1.82, 2.24) is 0 Å². The number of benzene rings is 2. The van der Waals surface area contributed by atoms with Crippen LogP contribution in [0.5, 0.6) is 0 Å². The van der Waals surface area contributed by atoms with Crippen LogP contribution in [-0.4, -0.2) is 0 Å². The minimum atomic E-state index is -0.164. The monoisotopic (exact) mass is 297 g/mol. The Kier molecular flexibility index (Phi) is 4.02. The van der Waals surface area contributed by atoms with Gasteiger partial charge in [0.1, 0.15) is 5.82 Å². The molecule has 0 unspecified atom stereocenters. The van der Waals surface area contributed by atoms with E-state index < -0.39 is 0 Å². The van der Waals surface area contributed by atoms with E-state index in [0.29, 0.717) is 5.56 Å². The van der Waals surface area contributed by atoms with Gasteiger partial charge in [0.2, 0.25) is 0 Å². The molecule has 2 aromatic carbocycles. The summed E-state index contributed by atoms with van der Waals surface area (Å²) in [5.74, 6) is -0.164. The molecule has 1 nitrogen and oxygen atoms in total. The molecule has 0 aliphatic heterocycles. The molecule has 0 aliphatic carbocycles. The van der Waals surface area contributed by atoms with Gasteiger partial charge < -0.3 is 5.32 Å². The summed E-state index contributed by atoms with van der Waals surface area (Å²) in [6, 6.07) is 19.7. The zero-order chi connectivity index (χ0) is 14.7. The highest BCUT2D eigenvalue weighted by Gasteiger charge is 2.03. The van der Waals surface area contributed by atoms with Crippen LogP contribution >= 0.6 is 11.3 Å². The molecule has 1 N–H and O–H groups in total. The topological polar surface area (TPSA) is 12.0 Å². The molecule has 106 valence electrons. The van der Waals surface area contributed by atoms with Crippen LogP contribution in [0.15, 0.2) is 60.7 Å². The minimum Gasteiger partial charge on any atom is -0.380 e. The molecule has 0 bridgehead atoms.